The van der Waals surface area contributed by atoms with Gasteiger partial charge in [-0.2, -0.15) is 0 Å². The van der Waals surface area contributed by atoms with Crippen molar-refractivity contribution in [3.8, 4) is 5.75 Å². The van der Waals surface area contributed by atoms with Gasteiger partial charge in [-0.15, -0.1) is 0 Å². The number of benzene rings is 2. The van der Waals surface area contributed by atoms with Gasteiger partial charge in [0.05, 0.1) is 18.6 Å². The molecule has 0 amide bonds. The highest BCUT2D eigenvalue weighted by atomic mass is 35.5. The van der Waals surface area contributed by atoms with Crippen LogP contribution in [0.1, 0.15) is 24.3 Å². The first-order valence-electron chi connectivity index (χ1n) is 9.47. The molecule has 1 saturated heterocycles. The molecule has 152 valence electrons. The summed E-state index contributed by atoms with van der Waals surface area (Å²) in [5.41, 5.74) is 1.95. The molecule has 1 heterocycles. The molecule has 2 aromatic carbocycles. The van der Waals surface area contributed by atoms with E-state index in [0.717, 1.165) is 43.2 Å². The Morgan fingerprint density at radius 3 is 2.64 bits per heavy atom. The van der Waals surface area contributed by atoms with E-state index in [-0.39, 0.29) is 0 Å². The predicted molar refractivity (Wildman–Crippen MR) is 115 cm³/mol. The van der Waals surface area contributed by atoms with Crippen LogP contribution in [0.4, 0.5) is 5.69 Å². The Morgan fingerprint density at radius 2 is 1.96 bits per heavy atom. The molecule has 0 saturated carbocycles. The van der Waals surface area contributed by atoms with Gasteiger partial charge in [-0.3, -0.25) is 4.31 Å². The molecule has 0 radical (unpaired) electrons. The number of likely N-dealkylation sites (tertiary alicyclic amines) is 1. The first kappa shape index (κ1) is 21.0. The number of ether oxygens (including phenoxy) is 1. The number of nitrogens with zero attached hydrogens (tertiary/aromatic N) is 2. The second-order valence-corrected chi connectivity index (χ2v) is 9.72. The van der Waals surface area contributed by atoms with E-state index >= 15 is 0 Å². The van der Waals surface area contributed by atoms with Crippen molar-refractivity contribution in [3.05, 3.63) is 59.1 Å². The lowest BCUT2D eigenvalue weighted by Gasteiger charge is -2.18. The van der Waals surface area contributed by atoms with E-state index in [4.69, 9.17) is 16.3 Å². The molecule has 1 atom stereocenters. The Bertz CT molecular complexity index is 887. The van der Waals surface area contributed by atoms with E-state index in [0.29, 0.717) is 18.2 Å². The first-order valence-corrected chi connectivity index (χ1v) is 11.7. The number of hydrogen-bond acceptors (Lipinski definition) is 4. The molecule has 2 aromatic rings. The van der Waals surface area contributed by atoms with Crippen LogP contribution >= 0.6 is 11.6 Å². The zero-order chi connectivity index (χ0) is 20.1. The van der Waals surface area contributed by atoms with Crippen LogP contribution in [0.5, 0.6) is 5.75 Å². The molecule has 0 bridgehead atoms. The normalized spacial score (nSPS) is 17.6. The van der Waals surface area contributed by atoms with Crippen molar-refractivity contribution in [1.82, 2.24) is 4.90 Å². The van der Waals surface area contributed by atoms with Crippen LogP contribution in [0.15, 0.2) is 48.5 Å². The van der Waals surface area contributed by atoms with Crippen molar-refractivity contribution in [2.45, 2.75) is 18.8 Å². The molecule has 3 rings (SSSR count). The Morgan fingerprint density at radius 1 is 1.21 bits per heavy atom. The fourth-order valence-corrected chi connectivity index (χ4v) is 4.19. The maximum Gasteiger partial charge on any atom is 0.231 e. The highest BCUT2D eigenvalue weighted by Crippen LogP contribution is 2.28. The molecule has 0 aliphatic carbocycles. The smallest absolute Gasteiger partial charge is 0.231 e. The highest BCUT2D eigenvalue weighted by Gasteiger charge is 2.23. The summed E-state index contributed by atoms with van der Waals surface area (Å²) in [5.74, 6) is 1.31. The van der Waals surface area contributed by atoms with Crippen LogP contribution in [-0.4, -0.2) is 52.9 Å². The maximum atomic E-state index is 11.6. The zero-order valence-electron chi connectivity index (χ0n) is 16.3. The fraction of sp³-hybridized carbons (Fsp3) is 0.429. The van der Waals surface area contributed by atoms with Gasteiger partial charge >= 0.3 is 0 Å². The Hall–Kier alpha value is -1.76. The van der Waals surface area contributed by atoms with E-state index in [1.165, 1.54) is 23.2 Å². The highest BCUT2D eigenvalue weighted by molar-refractivity contribution is 7.92. The largest absolute Gasteiger partial charge is 0.494 e. The number of anilines is 1. The number of sulfonamides is 1. The van der Waals surface area contributed by atoms with Gasteiger partial charge in [-0.25, -0.2) is 8.42 Å². The van der Waals surface area contributed by atoms with Gasteiger partial charge < -0.3 is 9.64 Å². The minimum Gasteiger partial charge on any atom is -0.494 e. The van der Waals surface area contributed by atoms with Crippen molar-refractivity contribution < 1.29 is 13.2 Å². The monoisotopic (exact) mass is 422 g/mol. The molecule has 5 nitrogen and oxygen atoms in total. The van der Waals surface area contributed by atoms with Gasteiger partial charge in [0.1, 0.15) is 5.75 Å². The Balaban J connectivity index is 1.40. The minimum absolute atomic E-state index is 0.555. The van der Waals surface area contributed by atoms with Crippen LogP contribution in [0.2, 0.25) is 5.02 Å². The molecule has 28 heavy (non-hydrogen) atoms. The average molecular weight is 423 g/mol. The molecular formula is C21H27ClN2O3S. The molecule has 7 heteroatoms. The lowest BCUT2D eigenvalue weighted by Crippen LogP contribution is -2.24. The van der Waals surface area contributed by atoms with Gasteiger partial charge in [0.25, 0.3) is 0 Å². The van der Waals surface area contributed by atoms with E-state index < -0.39 is 10.0 Å². The summed E-state index contributed by atoms with van der Waals surface area (Å²) >= 11 is 6.11. The number of halogens is 1. The van der Waals surface area contributed by atoms with Crippen LogP contribution in [0, 0.1) is 0 Å². The minimum atomic E-state index is -3.25. The molecule has 1 fully saturated rings. The third kappa shape index (κ3) is 5.63. The number of rotatable bonds is 8. The summed E-state index contributed by atoms with van der Waals surface area (Å²) in [4.78, 5) is 2.47. The van der Waals surface area contributed by atoms with Gasteiger partial charge in [-0.05, 0) is 67.3 Å². The molecule has 0 spiro atoms. The van der Waals surface area contributed by atoms with Crippen molar-refractivity contribution in [1.29, 1.82) is 0 Å². The van der Waals surface area contributed by atoms with Gasteiger partial charge in [0, 0.05) is 25.2 Å². The quantitative estimate of drug-likeness (QED) is 0.603. The molecule has 0 aromatic heterocycles. The van der Waals surface area contributed by atoms with Crippen molar-refractivity contribution in [2.75, 3.05) is 43.8 Å². The average Bonchev–Trinajstić information content (AvgIpc) is 3.13. The third-order valence-electron chi connectivity index (χ3n) is 5.18. The van der Waals surface area contributed by atoms with Gasteiger partial charge in [0.2, 0.25) is 10.0 Å². The lowest BCUT2D eigenvalue weighted by atomic mass is 9.99. The predicted octanol–water partition coefficient (Wildman–Crippen LogP) is 3.99. The summed E-state index contributed by atoms with van der Waals surface area (Å²) in [6, 6.07) is 15.3. The standard InChI is InChI=1S/C21H27ClN2O3S/c1-23(28(2,25)26)20-7-9-21(10-8-20)27-14-4-12-24-13-11-18(16-24)17-5-3-6-19(22)15-17/h3,5-10,15,18H,4,11-14,16H2,1-2H3. The van der Waals surface area contributed by atoms with Crippen molar-refractivity contribution in [3.63, 3.8) is 0 Å². The van der Waals surface area contributed by atoms with Gasteiger partial charge in [0.15, 0.2) is 0 Å². The SMILES string of the molecule is CN(c1ccc(OCCCN2CCC(c3cccc(Cl)c3)C2)cc1)S(C)(=O)=O. The fourth-order valence-electron chi connectivity index (χ4n) is 3.49. The van der Waals surface area contributed by atoms with Crippen LogP contribution in [0.3, 0.4) is 0 Å². The second-order valence-electron chi connectivity index (χ2n) is 7.27. The molecule has 1 aliphatic rings. The van der Waals surface area contributed by atoms with Crippen molar-refractivity contribution >= 4 is 27.3 Å². The Labute approximate surface area is 172 Å². The third-order valence-corrected chi connectivity index (χ3v) is 6.62. The summed E-state index contributed by atoms with van der Waals surface area (Å²) in [6.45, 7) is 3.81. The van der Waals surface area contributed by atoms with Crippen LogP contribution < -0.4 is 9.04 Å². The summed E-state index contributed by atoms with van der Waals surface area (Å²) in [7, 11) is -1.71. The second kappa shape index (κ2) is 9.16. The maximum absolute atomic E-state index is 11.6. The summed E-state index contributed by atoms with van der Waals surface area (Å²) < 4.78 is 30.2. The van der Waals surface area contributed by atoms with E-state index in [9.17, 15) is 8.42 Å². The summed E-state index contributed by atoms with van der Waals surface area (Å²) in [5, 5.41) is 0.804. The zero-order valence-corrected chi connectivity index (χ0v) is 17.9. The molecule has 1 unspecified atom stereocenters. The van der Waals surface area contributed by atoms with Crippen molar-refractivity contribution in [2.24, 2.45) is 0 Å². The summed E-state index contributed by atoms with van der Waals surface area (Å²) in [6.07, 6.45) is 3.30. The van der Waals surface area contributed by atoms with E-state index in [1.807, 2.05) is 24.3 Å². The first-order chi connectivity index (χ1) is 13.3. The number of hydrogen-bond donors (Lipinski definition) is 0. The molecule has 1 aliphatic heterocycles. The van der Waals surface area contributed by atoms with Gasteiger partial charge in [-0.1, -0.05) is 23.7 Å². The Kier molecular flexibility index (Phi) is 6.86. The van der Waals surface area contributed by atoms with E-state index in [1.54, 1.807) is 12.1 Å². The lowest BCUT2D eigenvalue weighted by molar-refractivity contribution is 0.262. The van der Waals surface area contributed by atoms with Crippen LogP contribution in [0.25, 0.3) is 0 Å². The topological polar surface area (TPSA) is 49.9 Å². The molecular weight excluding hydrogens is 396 g/mol. The van der Waals surface area contributed by atoms with Crippen LogP contribution in [-0.2, 0) is 10.0 Å². The van der Waals surface area contributed by atoms with E-state index in [2.05, 4.69) is 17.0 Å². The molecule has 0 N–H and O–H groups in total.